The first-order valence-corrected chi connectivity index (χ1v) is 9.37. The Labute approximate surface area is 160 Å². The van der Waals surface area contributed by atoms with E-state index >= 15 is 0 Å². The lowest BCUT2D eigenvalue weighted by molar-refractivity contribution is -0.0517. The second-order valence-corrected chi connectivity index (χ2v) is 6.70. The molecule has 0 unspecified atom stereocenters. The van der Waals surface area contributed by atoms with E-state index in [0.29, 0.717) is 5.69 Å². The van der Waals surface area contributed by atoms with Gasteiger partial charge in [0.15, 0.2) is 0 Å². The molecule has 0 saturated heterocycles. The lowest BCUT2D eigenvalue weighted by Crippen LogP contribution is -2.20. The zero-order valence-corrected chi connectivity index (χ0v) is 16.0. The van der Waals surface area contributed by atoms with Gasteiger partial charge in [0.05, 0.1) is 13.7 Å². The monoisotopic (exact) mass is 416 g/mol. The summed E-state index contributed by atoms with van der Waals surface area (Å²) in [7, 11) is -3.04. The number of ether oxygens (including phenoxy) is 3. The van der Waals surface area contributed by atoms with Crippen LogP contribution in [-0.2, 0) is 14.8 Å². The predicted molar refractivity (Wildman–Crippen MR) is 96.3 cm³/mol. The largest absolute Gasteiger partial charge is 0.481 e. The minimum atomic E-state index is -4.45. The van der Waals surface area contributed by atoms with Crippen LogP contribution >= 0.6 is 0 Å². The minimum absolute atomic E-state index is 0.0173. The summed E-state index contributed by atoms with van der Waals surface area (Å²) in [4.78, 5) is 7.55. The molecule has 1 heterocycles. The van der Waals surface area contributed by atoms with Gasteiger partial charge in [-0.15, -0.1) is 4.40 Å². The van der Waals surface area contributed by atoms with Gasteiger partial charge in [0, 0.05) is 11.8 Å². The number of hydrogen-bond acceptors (Lipinski definition) is 7. The fraction of sp³-hybridized carbons (Fsp3) is 0.312. The molecule has 0 aliphatic heterocycles. The number of aryl methyl sites for hydroxylation is 1. The molecule has 0 amide bonds. The number of nitrogens with one attached hydrogen (secondary N) is 1. The minimum Gasteiger partial charge on any atom is -0.481 e. The number of anilines is 1. The average molecular weight is 416 g/mol. The van der Waals surface area contributed by atoms with Gasteiger partial charge in [-0.25, -0.2) is 4.98 Å². The summed E-state index contributed by atoms with van der Waals surface area (Å²) in [6.07, 6.45) is 0. The molecule has 0 radical (unpaired) electrons. The molecule has 0 atom stereocenters. The van der Waals surface area contributed by atoms with Crippen molar-refractivity contribution in [1.29, 1.82) is 0 Å². The van der Waals surface area contributed by atoms with Crippen molar-refractivity contribution < 1.29 is 31.4 Å². The van der Waals surface area contributed by atoms with Gasteiger partial charge in [-0.1, -0.05) is 12.1 Å². The molecule has 12 heteroatoms. The van der Waals surface area contributed by atoms with Crippen molar-refractivity contribution in [1.82, 2.24) is 9.97 Å². The molecule has 1 aromatic carbocycles. The molecular formula is C16H18F2N4O5S. The molecule has 0 bridgehead atoms. The zero-order chi connectivity index (χ0) is 20.7. The molecule has 2 rings (SSSR count). The maximum atomic E-state index is 12.6. The highest BCUT2D eigenvalue weighted by atomic mass is 32.2. The molecule has 1 N–H and O–H groups in total. The van der Waals surface area contributed by atoms with Crippen LogP contribution in [0.3, 0.4) is 0 Å². The van der Waals surface area contributed by atoms with Crippen molar-refractivity contribution in [3.05, 3.63) is 36.0 Å². The summed E-state index contributed by atoms with van der Waals surface area (Å²) < 4.78 is 68.3. The van der Waals surface area contributed by atoms with Gasteiger partial charge in [-0.2, -0.15) is 22.2 Å². The van der Waals surface area contributed by atoms with E-state index in [-0.39, 0.29) is 18.4 Å². The molecule has 28 heavy (non-hydrogen) atoms. The van der Waals surface area contributed by atoms with Crippen LogP contribution in [0, 0.1) is 6.92 Å². The van der Waals surface area contributed by atoms with Gasteiger partial charge in [0.2, 0.25) is 11.8 Å². The van der Waals surface area contributed by atoms with Crippen LogP contribution in [-0.4, -0.2) is 44.7 Å². The van der Waals surface area contributed by atoms with Crippen LogP contribution in [0.4, 0.5) is 14.7 Å². The van der Waals surface area contributed by atoms with E-state index in [4.69, 9.17) is 9.47 Å². The summed E-state index contributed by atoms with van der Waals surface area (Å²) >= 11 is 0. The lowest BCUT2D eigenvalue weighted by atomic mass is 10.3. The van der Waals surface area contributed by atoms with Crippen LogP contribution in [0.1, 0.15) is 12.6 Å². The smallest absolute Gasteiger partial charge is 0.387 e. The molecule has 152 valence electrons. The average Bonchev–Trinajstić information content (AvgIpc) is 2.60. The molecule has 2 aromatic rings. The van der Waals surface area contributed by atoms with Crippen LogP contribution in [0.25, 0.3) is 0 Å². The van der Waals surface area contributed by atoms with E-state index < -0.39 is 33.3 Å². The van der Waals surface area contributed by atoms with Gasteiger partial charge >= 0.3 is 12.6 Å². The summed E-state index contributed by atoms with van der Waals surface area (Å²) in [5, 5.41) is 2.54. The van der Waals surface area contributed by atoms with Crippen molar-refractivity contribution in [2.45, 2.75) is 25.4 Å². The number of methoxy groups -OCH3 is 1. The molecular weight excluding hydrogens is 398 g/mol. The number of nitrogens with zero attached hydrogens (tertiary/aromatic N) is 3. The summed E-state index contributed by atoms with van der Waals surface area (Å²) in [6, 6.07) is 6.01. The highest BCUT2D eigenvalue weighted by Crippen LogP contribution is 2.26. The van der Waals surface area contributed by atoms with Crippen molar-refractivity contribution in [2.24, 2.45) is 4.40 Å². The third-order valence-electron chi connectivity index (χ3n) is 3.09. The van der Waals surface area contributed by atoms with Crippen LogP contribution < -0.4 is 14.8 Å². The predicted octanol–water partition coefficient (Wildman–Crippen LogP) is 2.59. The highest BCUT2D eigenvalue weighted by Gasteiger charge is 2.22. The zero-order valence-electron chi connectivity index (χ0n) is 15.2. The van der Waals surface area contributed by atoms with E-state index in [1.807, 2.05) is 0 Å². The number of rotatable bonds is 7. The standard InChI is InChI=1S/C16H18F2N4O5S/c1-4-26-16(21-15-19-10(2)9-13(20-15)25-3)22-28(23,24)12-8-6-5-7-11(12)27-14(17)18/h5-9,14H,4H2,1-3H3,(H,19,20,21,22). The lowest BCUT2D eigenvalue weighted by Gasteiger charge is -2.12. The topological polar surface area (TPSA) is 112 Å². The molecule has 9 nitrogen and oxygen atoms in total. The molecule has 0 aliphatic carbocycles. The van der Waals surface area contributed by atoms with Gasteiger partial charge in [-0.05, 0) is 26.0 Å². The summed E-state index contributed by atoms with van der Waals surface area (Å²) in [5.41, 5.74) is 0.545. The first-order chi connectivity index (χ1) is 13.2. The van der Waals surface area contributed by atoms with E-state index in [2.05, 4.69) is 24.4 Å². The van der Waals surface area contributed by atoms with Crippen molar-refractivity contribution in [2.75, 3.05) is 19.0 Å². The van der Waals surface area contributed by atoms with E-state index in [1.165, 1.54) is 19.2 Å². The maximum absolute atomic E-state index is 12.6. The number of sulfonamides is 1. The second-order valence-electron chi connectivity index (χ2n) is 5.13. The third kappa shape index (κ3) is 5.74. The fourth-order valence-electron chi connectivity index (χ4n) is 2.03. The summed E-state index contributed by atoms with van der Waals surface area (Å²) in [6.45, 7) is 0.161. The Hall–Kier alpha value is -3.02. The van der Waals surface area contributed by atoms with Crippen LogP contribution in [0.5, 0.6) is 11.6 Å². The fourth-order valence-corrected chi connectivity index (χ4v) is 3.07. The Morgan fingerprint density at radius 3 is 2.64 bits per heavy atom. The van der Waals surface area contributed by atoms with Crippen molar-refractivity contribution in [3.8, 4) is 11.6 Å². The molecule has 0 spiro atoms. The highest BCUT2D eigenvalue weighted by molar-refractivity contribution is 7.90. The molecule has 0 saturated carbocycles. The number of hydrogen-bond donors (Lipinski definition) is 1. The Balaban J connectivity index is 2.41. The number of para-hydroxylation sites is 1. The normalized spacial score (nSPS) is 12.0. The number of benzene rings is 1. The first kappa shape index (κ1) is 21.3. The van der Waals surface area contributed by atoms with Gasteiger partial charge < -0.3 is 14.2 Å². The van der Waals surface area contributed by atoms with E-state index in [0.717, 1.165) is 12.1 Å². The van der Waals surface area contributed by atoms with Crippen LogP contribution in [0.15, 0.2) is 39.6 Å². The van der Waals surface area contributed by atoms with Crippen molar-refractivity contribution in [3.63, 3.8) is 0 Å². The Morgan fingerprint density at radius 2 is 2.00 bits per heavy atom. The summed E-state index contributed by atoms with van der Waals surface area (Å²) in [5.74, 6) is -0.314. The van der Waals surface area contributed by atoms with E-state index in [1.54, 1.807) is 19.9 Å². The quantitative estimate of drug-likeness (QED) is 0.541. The van der Waals surface area contributed by atoms with Crippen LogP contribution in [0.2, 0.25) is 0 Å². The Bertz CT molecular complexity index is 954. The third-order valence-corrected chi connectivity index (χ3v) is 4.39. The molecule has 0 aliphatic rings. The van der Waals surface area contributed by atoms with Gasteiger partial charge in [0.1, 0.15) is 10.6 Å². The number of alkyl halides is 2. The Kier molecular flexibility index (Phi) is 7.04. The Morgan fingerprint density at radius 1 is 1.29 bits per heavy atom. The second kappa shape index (κ2) is 9.26. The SMILES string of the molecule is CCOC(=NS(=O)(=O)c1ccccc1OC(F)F)Nc1nc(C)cc(OC)n1. The maximum Gasteiger partial charge on any atom is 0.387 e. The number of amidine groups is 1. The number of aromatic nitrogens is 2. The number of halogens is 2. The molecule has 1 aromatic heterocycles. The first-order valence-electron chi connectivity index (χ1n) is 7.93. The van der Waals surface area contributed by atoms with E-state index in [9.17, 15) is 17.2 Å². The van der Waals surface area contributed by atoms with Crippen molar-refractivity contribution >= 4 is 22.0 Å². The van der Waals surface area contributed by atoms with Gasteiger partial charge in [-0.3, -0.25) is 5.32 Å². The van der Waals surface area contributed by atoms with Gasteiger partial charge in [0.25, 0.3) is 10.0 Å². The molecule has 0 fully saturated rings.